The molecule has 31 heavy (non-hydrogen) atoms. The van der Waals surface area contributed by atoms with Crippen molar-refractivity contribution in [3.05, 3.63) is 64.3 Å². The molecule has 160 valence electrons. The molecule has 6 nitrogen and oxygen atoms in total. The molecule has 4 heterocycles. The summed E-state index contributed by atoms with van der Waals surface area (Å²) in [5.41, 5.74) is 3.68. The van der Waals surface area contributed by atoms with Gasteiger partial charge in [-0.15, -0.1) is 10.2 Å². The molecule has 0 N–H and O–H groups in total. The molecule has 0 amide bonds. The van der Waals surface area contributed by atoms with Crippen LogP contribution < -0.4 is 4.90 Å². The molecule has 6 rings (SSSR count). The molecule has 0 unspecified atom stereocenters. The molecule has 0 atom stereocenters. The van der Waals surface area contributed by atoms with Gasteiger partial charge in [-0.25, -0.2) is 4.98 Å². The Morgan fingerprint density at radius 3 is 2.55 bits per heavy atom. The van der Waals surface area contributed by atoms with E-state index in [4.69, 9.17) is 16.7 Å². The Morgan fingerprint density at radius 2 is 1.81 bits per heavy atom. The summed E-state index contributed by atoms with van der Waals surface area (Å²) in [7, 11) is 0. The van der Waals surface area contributed by atoms with Crippen molar-refractivity contribution in [3.8, 4) is 5.69 Å². The van der Waals surface area contributed by atoms with Gasteiger partial charge < -0.3 is 4.90 Å². The third-order valence-electron chi connectivity index (χ3n) is 6.90. The molecule has 0 radical (unpaired) electrons. The van der Waals surface area contributed by atoms with Crippen LogP contribution in [0.5, 0.6) is 0 Å². The van der Waals surface area contributed by atoms with E-state index in [1.54, 1.807) is 0 Å². The number of aromatic nitrogens is 4. The fourth-order valence-electron chi connectivity index (χ4n) is 5.03. The molecule has 3 aromatic rings. The minimum Gasteiger partial charge on any atom is -0.357 e. The van der Waals surface area contributed by atoms with Crippen LogP contribution in [0.1, 0.15) is 54.4 Å². The maximum Gasteiger partial charge on any atom is 0.151 e. The van der Waals surface area contributed by atoms with E-state index in [-0.39, 0.29) is 0 Å². The number of halogens is 1. The van der Waals surface area contributed by atoms with Crippen LogP contribution >= 0.6 is 11.6 Å². The van der Waals surface area contributed by atoms with Crippen LogP contribution in [0.2, 0.25) is 5.02 Å². The minimum atomic E-state index is 0.402. The number of hydrogen-bond acceptors (Lipinski definition) is 5. The van der Waals surface area contributed by atoms with Gasteiger partial charge in [-0.3, -0.25) is 9.47 Å². The zero-order valence-electron chi connectivity index (χ0n) is 17.8. The molecule has 1 aliphatic carbocycles. The van der Waals surface area contributed by atoms with Gasteiger partial charge in [-0.2, -0.15) is 0 Å². The van der Waals surface area contributed by atoms with E-state index < -0.39 is 0 Å². The van der Waals surface area contributed by atoms with Gasteiger partial charge in [0.1, 0.15) is 11.6 Å². The van der Waals surface area contributed by atoms with Gasteiger partial charge in [-0.05, 0) is 68.0 Å². The molecule has 7 heteroatoms. The summed E-state index contributed by atoms with van der Waals surface area (Å²) in [5.74, 6) is 3.64. The van der Waals surface area contributed by atoms with E-state index in [0.717, 1.165) is 61.5 Å². The Kier molecular flexibility index (Phi) is 4.73. The summed E-state index contributed by atoms with van der Waals surface area (Å²) in [6.45, 7) is 5.85. The first-order chi connectivity index (χ1) is 15.2. The van der Waals surface area contributed by atoms with E-state index in [1.165, 1.54) is 29.7 Å². The van der Waals surface area contributed by atoms with Gasteiger partial charge in [0.05, 0.1) is 12.2 Å². The summed E-state index contributed by atoms with van der Waals surface area (Å²) >= 11 is 6.38. The van der Waals surface area contributed by atoms with E-state index in [0.29, 0.717) is 12.0 Å². The average molecular weight is 435 g/mol. The second-order valence-electron chi connectivity index (χ2n) is 9.17. The van der Waals surface area contributed by atoms with Crippen molar-refractivity contribution in [2.24, 2.45) is 0 Å². The lowest BCUT2D eigenvalue weighted by Gasteiger charge is -2.32. The Balaban J connectivity index is 1.30. The highest BCUT2D eigenvalue weighted by atomic mass is 35.5. The predicted molar refractivity (Wildman–Crippen MR) is 122 cm³/mol. The molecule has 2 fully saturated rings. The van der Waals surface area contributed by atoms with Crippen molar-refractivity contribution in [1.29, 1.82) is 0 Å². The highest BCUT2D eigenvalue weighted by molar-refractivity contribution is 6.30. The first-order valence-corrected chi connectivity index (χ1v) is 11.7. The van der Waals surface area contributed by atoms with Gasteiger partial charge in [-0.1, -0.05) is 17.7 Å². The molecule has 0 spiro atoms. The maximum atomic E-state index is 6.38. The topological polar surface area (TPSA) is 50.1 Å². The monoisotopic (exact) mass is 434 g/mol. The summed E-state index contributed by atoms with van der Waals surface area (Å²) < 4.78 is 2.33. The van der Waals surface area contributed by atoms with Gasteiger partial charge in [0.25, 0.3) is 0 Å². The van der Waals surface area contributed by atoms with Crippen molar-refractivity contribution in [3.63, 3.8) is 0 Å². The van der Waals surface area contributed by atoms with Gasteiger partial charge >= 0.3 is 0 Å². The standard InChI is InChI=1S/C24H27ClN6/c1-16-2-7-22(26-13-16)29-10-8-17(9-11-29)24-28-27-23-15-30(20-4-5-20)14-18-12-19(25)3-6-21(18)31(23)24/h2-3,6-7,12-13,17,20H,4-5,8-11,14-15H2,1H3. The summed E-state index contributed by atoms with van der Waals surface area (Å²) in [4.78, 5) is 9.54. The second-order valence-corrected chi connectivity index (χ2v) is 9.61. The van der Waals surface area contributed by atoms with Crippen LogP contribution in [0.4, 0.5) is 5.82 Å². The zero-order chi connectivity index (χ0) is 20.9. The van der Waals surface area contributed by atoms with Crippen LogP contribution in [0, 0.1) is 6.92 Å². The lowest BCUT2D eigenvalue weighted by molar-refractivity contribution is 0.243. The highest BCUT2D eigenvalue weighted by Crippen LogP contribution is 2.37. The smallest absolute Gasteiger partial charge is 0.151 e. The van der Waals surface area contributed by atoms with Crippen molar-refractivity contribution < 1.29 is 0 Å². The lowest BCUT2D eigenvalue weighted by Crippen LogP contribution is -2.34. The highest BCUT2D eigenvalue weighted by Gasteiger charge is 2.35. The maximum absolute atomic E-state index is 6.38. The summed E-state index contributed by atoms with van der Waals surface area (Å²) in [6, 6.07) is 11.2. The third kappa shape index (κ3) is 3.62. The molecule has 2 aromatic heterocycles. The Bertz CT molecular complexity index is 1100. The van der Waals surface area contributed by atoms with Crippen LogP contribution in [0.25, 0.3) is 5.69 Å². The molecule has 1 saturated heterocycles. The summed E-state index contributed by atoms with van der Waals surface area (Å²) in [6.07, 6.45) is 6.63. The SMILES string of the molecule is Cc1ccc(N2CCC(c3nnc4n3-c3ccc(Cl)cc3CN(C3CC3)C4)CC2)nc1. The fourth-order valence-corrected chi connectivity index (χ4v) is 5.22. The molecule has 2 aliphatic heterocycles. The first kappa shape index (κ1) is 19.3. The molecule has 3 aliphatic rings. The molecular formula is C24H27ClN6. The van der Waals surface area contributed by atoms with Crippen molar-refractivity contribution in [2.45, 2.75) is 57.7 Å². The van der Waals surface area contributed by atoms with Crippen LogP contribution in [-0.4, -0.2) is 43.8 Å². The van der Waals surface area contributed by atoms with E-state index in [9.17, 15) is 0 Å². The molecule has 1 aromatic carbocycles. The Morgan fingerprint density at radius 1 is 0.968 bits per heavy atom. The number of hydrogen-bond donors (Lipinski definition) is 0. The van der Waals surface area contributed by atoms with Crippen LogP contribution in [0.15, 0.2) is 36.5 Å². The summed E-state index contributed by atoms with van der Waals surface area (Å²) in [5, 5.41) is 10.2. The van der Waals surface area contributed by atoms with Crippen molar-refractivity contribution >= 4 is 17.4 Å². The lowest BCUT2D eigenvalue weighted by atomic mass is 9.95. The van der Waals surface area contributed by atoms with Gasteiger partial charge in [0.2, 0.25) is 0 Å². The molecule has 0 bridgehead atoms. The predicted octanol–water partition coefficient (Wildman–Crippen LogP) is 4.49. The first-order valence-electron chi connectivity index (χ1n) is 11.3. The number of benzene rings is 1. The normalized spacial score (nSPS) is 19.7. The van der Waals surface area contributed by atoms with Crippen LogP contribution in [0.3, 0.4) is 0 Å². The number of pyridine rings is 1. The van der Waals surface area contributed by atoms with Gasteiger partial charge in [0.15, 0.2) is 5.82 Å². The fraction of sp³-hybridized carbons (Fsp3) is 0.458. The zero-order valence-corrected chi connectivity index (χ0v) is 18.6. The molecular weight excluding hydrogens is 408 g/mol. The number of fused-ring (bicyclic) bond motifs is 3. The second kappa shape index (κ2) is 7.61. The number of rotatable bonds is 3. The number of aryl methyl sites for hydroxylation is 1. The molecule has 1 saturated carbocycles. The van der Waals surface area contributed by atoms with Crippen molar-refractivity contribution in [1.82, 2.24) is 24.6 Å². The quantitative estimate of drug-likeness (QED) is 0.608. The van der Waals surface area contributed by atoms with E-state index >= 15 is 0 Å². The van der Waals surface area contributed by atoms with E-state index in [2.05, 4.69) is 55.6 Å². The van der Waals surface area contributed by atoms with Gasteiger partial charge in [0, 0.05) is 42.8 Å². The van der Waals surface area contributed by atoms with Crippen LogP contribution in [-0.2, 0) is 13.1 Å². The third-order valence-corrected chi connectivity index (χ3v) is 7.13. The number of nitrogens with zero attached hydrogens (tertiary/aromatic N) is 6. The van der Waals surface area contributed by atoms with Crippen molar-refractivity contribution in [2.75, 3.05) is 18.0 Å². The average Bonchev–Trinajstić information content (AvgIpc) is 3.57. The number of anilines is 1. The number of piperidine rings is 1. The Labute approximate surface area is 187 Å². The van der Waals surface area contributed by atoms with E-state index in [1.807, 2.05) is 12.3 Å². The Hall–Kier alpha value is -2.44. The minimum absolute atomic E-state index is 0.402. The largest absolute Gasteiger partial charge is 0.357 e.